The number of hydrogen-bond acceptors (Lipinski definition) is 5. The molecule has 0 bridgehead atoms. The Labute approximate surface area is 120 Å². The number of nitrogens with one attached hydrogen (secondary N) is 1. The maximum Gasteiger partial charge on any atom is 0.223 e. The highest BCUT2D eigenvalue weighted by molar-refractivity contribution is 7.80. The van der Waals surface area contributed by atoms with Gasteiger partial charge in [-0.05, 0) is 24.8 Å². The zero-order chi connectivity index (χ0) is 14.5. The lowest BCUT2D eigenvalue weighted by Gasteiger charge is -2.24. The molecule has 106 valence electrons. The third-order valence-corrected chi connectivity index (χ3v) is 3.02. The van der Waals surface area contributed by atoms with Gasteiger partial charge in [0.1, 0.15) is 10.7 Å². The van der Waals surface area contributed by atoms with Crippen LogP contribution in [0.3, 0.4) is 0 Å². The molecule has 6 heteroatoms. The third-order valence-electron chi connectivity index (χ3n) is 2.81. The van der Waals surface area contributed by atoms with Crippen molar-refractivity contribution < 1.29 is 4.74 Å². The fourth-order valence-corrected chi connectivity index (χ4v) is 1.66. The van der Waals surface area contributed by atoms with Crippen LogP contribution < -0.4 is 11.1 Å². The van der Waals surface area contributed by atoms with Crippen molar-refractivity contribution in [3.05, 3.63) is 17.5 Å². The smallest absolute Gasteiger partial charge is 0.223 e. The Bertz CT molecular complexity index is 448. The van der Waals surface area contributed by atoms with E-state index in [0.29, 0.717) is 11.6 Å². The van der Waals surface area contributed by atoms with Gasteiger partial charge in [-0.1, -0.05) is 26.1 Å². The number of rotatable bonds is 7. The van der Waals surface area contributed by atoms with Crippen LogP contribution in [0.5, 0.6) is 0 Å². The molecule has 1 heterocycles. The summed E-state index contributed by atoms with van der Waals surface area (Å²) in [5.74, 6) is 0.563. The summed E-state index contributed by atoms with van der Waals surface area (Å²) < 4.78 is 5.11. The summed E-state index contributed by atoms with van der Waals surface area (Å²) in [4.78, 5) is 8.91. The van der Waals surface area contributed by atoms with E-state index in [-0.39, 0.29) is 10.4 Å². The summed E-state index contributed by atoms with van der Waals surface area (Å²) >= 11 is 4.94. The number of hydrogen-bond donors (Lipinski definition) is 2. The first kappa shape index (κ1) is 15.8. The van der Waals surface area contributed by atoms with E-state index in [1.165, 1.54) is 0 Å². The van der Waals surface area contributed by atoms with Gasteiger partial charge in [0, 0.05) is 26.0 Å². The molecule has 0 fully saturated rings. The van der Waals surface area contributed by atoms with Gasteiger partial charge in [0.2, 0.25) is 5.95 Å². The zero-order valence-electron chi connectivity index (χ0n) is 12.0. The number of nitrogens with zero attached hydrogens (tertiary/aromatic N) is 2. The molecule has 0 atom stereocenters. The number of anilines is 1. The fourth-order valence-electron chi connectivity index (χ4n) is 1.56. The molecule has 3 N–H and O–H groups in total. The summed E-state index contributed by atoms with van der Waals surface area (Å²) in [7, 11) is 1.71. The highest BCUT2D eigenvalue weighted by Gasteiger charge is 2.18. The van der Waals surface area contributed by atoms with E-state index < -0.39 is 0 Å². The molecule has 5 nitrogen and oxygen atoms in total. The van der Waals surface area contributed by atoms with Crippen LogP contribution in [0, 0.1) is 12.3 Å². The van der Waals surface area contributed by atoms with Crippen molar-refractivity contribution in [1.29, 1.82) is 0 Å². The quantitative estimate of drug-likeness (QED) is 0.744. The lowest BCUT2D eigenvalue weighted by atomic mass is 9.90. The van der Waals surface area contributed by atoms with Gasteiger partial charge >= 0.3 is 0 Å². The molecule has 1 aromatic heterocycles. The number of nitrogens with two attached hydrogens (primary N) is 1. The topological polar surface area (TPSA) is 73.1 Å². The predicted octanol–water partition coefficient (Wildman–Crippen LogP) is 1.89. The van der Waals surface area contributed by atoms with Crippen LogP contribution in [-0.2, 0) is 4.74 Å². The molecule has 0 aliphatic rings. The summed E-state index contributed by atoms with van der Waals surface area (Å²) in [6.07, 6.45) is 0.963. The minimum Gasteiger partial charge on any atom is -0.388 e. The highest BCUT2D eigenvalue weighted by Crippen LogP contribution is 2.20. The minimum absolute atomic E-state index is 0.104. The molecule has 0 radical (unpaired) electrons. The van der Waals surface area contributed by atoms with Crippen LogP contribution in [0.25, 0.3) is 0 Å². The molecule has 0 aromatic carbocycles. The Morgan fingerprint density at radius 2 is 2.16 bits per heavy atom. The second-order valence-electron chi connectivity index (χ2n) is 5.34. The van der Waals surface area contributed by atoms with Gasteiger partial charge in [0.25, 0.3) is 0 Å². The third kappa shape index (κ3) is 5.48. The van der Waals surface area contributed by atoms with Crippen molar-refractivity contribution in [3.63, 3.8) is 0 Å². The van der Waals surface area contributed by atoms with Crippen molar-refractivity contribution in [1.82, 2.24) is 9.97 Å². The van der Waals surface area contributed by atoms with Crippen molar-refractivity contribution in [2.75, 3.05) is 25.6 Å². The molecular weight excluding hydrogens is 260 g/mol. The van der Waals surface area contributed by atoms with Crippen LogP contribution in [0.1, 0.15) is 31.7 Å². The average molecular weight is 282 g/mol. The number of aromatic nitrogens is 2. The average Bonchev–Trinajstić information content (AvgIpc) is 2.33. The fraction of sp³-hybridized carbons (Fsp3) is 0.615. The zero-order valence-corrected chi connectivity index (χ0v) is 12.8. The second-order valence-corrected chi connectivity index (χ2v) is 5.78. The number of thiocarbonyl (C=S) groups is 1. The Morgan fingerprint density at radius 1 is 1.47 bits per heavy atom. The molecule has 0 amide bonds. The molecular formula is C13H22N4OS. The van der Waals surface area contributed by atoms with E-state index in [1.54, 1.807) is 13.2 Å². The summed E-state index contributed by atoms with van der Waals surface area (Å²) in [6.45, 7) is 7.73. The van der Waals surface area contributed by atoms with Crippen molar-refractivity contribution >= 4 is 23.2 Å². The van der Waals surface area contributed by atoms with Gasteiger partial charge in [0.05, 0.1) is 0 Å². The van der Waals surface area contributed by atoms with Gasteiger partial charge in [-0.25, -0.2) is 9.97 Å². The molecule has 1 aromatic rings. The van der Waals surface area contributed by atoms with Crippen LogP contribution in [0.15, 0.2) is 6.07 Å². The van der Waals surface area contributed by atoms with Crippen LogP contribution in [-0.4, -0.2) is 35.2 Å². The van der Waals surface area contributed by atoms with Crippen LogP contribution in [0.2, 0.25) is 0 Å². The summed E-state index contributed by atoms with van der Waals surface area (Å²) in [5, 5.41) is 3.24. The van der Waals surface area contributed by atoms with Crippen LogP contribution in [0.4, 0.5) is 5.95 Å². The SMILES string of the molecule is COCCC(C)(C)CNc1nc(C)cc(C(N)=S)n1. The predicted molar refractivity (Wildman–Crippen MR) is 81.4 cm³/mol. The second kappa shape index (κ2) is 6.77. The number of aryl methyl sites for hydroxylation is 1. The Kier molecular flexibility index (Phi) is 5.62. The maximum atomic E-state index is 5.60. The van der Waals surface area contributed by atoms with E-state index in [4.69, 9.17) is 22.7 Å². The first-order valence-electron chi connectivity index (χ1n) is 6.22. The Morgan fingerprint density at radius 3 is 2.74 bits per heavy atom. The molecule has 0 aliphatic heterocycles. The lowest BCUT2D eigenvalue weighted by molar-refractivity contribution is 0.157. The first-order chi connectivity index (χ1) is 8.84. The van der Waals surface area contributed by atoms with E-state index in [1.807, 2.05) is 6.92 Å². The number of ether oxygens (including phenoxy) is 1. The van der Waals surface area contributed by atoms with Crippen molar-refractivity contribution in [2.45, 2.75) is 27.2 Å². The maximum absolute atomic E-state index is 5.60. The summed E-state index contributed by atoms with van der Waals surface area (Å²) in [5.41, 5.74) is 7.14. The largest absolute Gasteiger partial charge is 0.388 e. The van der Waals surface area contributed by atoms with E-state index in [0.717, 1.165) is 25.3 Å². The van der Waals surface area contributed by atoms with E-state index in [2.05, 4.69) is 29.1 Å². The van der Waals surface area contributed by atoms with Gasteiger partial charge in [0.15, 0.2) is 0 Å². The molecule has 0 spiro atoms. The van der Waals surface area contributed by atoms with E-state index in [9.17, 15) is 0 Å². The lowest BCUT2D eigenvalue weighted by Crippen LogP contribution is -2.26. The Balaban J connectivity index is 2.69. The highest BCUT2D eigenvalue weighted by atomic mass is 32.1. The molecule has 19 heavy (non-hydrogen) atoms. The molecule has 0 saturated heterocycles. The van der Waals surface area contributed by atoms with E-state index >= 15 is 0 Å². The van der Waals surface area contributed by atoms with Crippen molar-refractivity contribution in [3.8, 4) is 0 Å². The Hall–Kier alpha value is -1.27. The standard InChI is InChI=1S/C13H22N4OS/c1-9-7-10(11(14)19)17-12(16-9)15-8-13(2,3)5-6-18-4/h7H,5-6,8H2,1-4H3,(H2,14,19)(H,15,16,17). The van der Waals surface area contributed by atoms with Gasteiger partial charge in [-0.15, -0.1) is 0 Å². The molecule has 0 aliphatic carbocycles. The molecule has 0 saturated carbocycles. The number of methoxy groups -OCH3 is 1. The van der Waals surface area contributed by atoms with Gasteiger partial charge in [-0.2, -0.15) is 0 Å². The van der Waals surface area contributed by atoms with Gasteiger partial charge in [-0.3, -0.25) is 0 Å². The van der Waals surface area contributed by atoms with Crippen LogP contribution >= 0.6 is 12.2 Å². The molecule has 1 rings (SSSR count). The minimum atomic E-state index is 0.104. The first-order valence-corrected chi connectivity index (χ1v) is 6.63. The normalized spacial score (nSPS) is 11.4. The van der Waals surface area contributed by atoms with Crippen molar-refractivity contribution in [2.24, 2.45) is 11.1 Å². The molecule has 0 unspecified atom stereocenters. The monoisotopic (exact) mass is 282 g/mol. The summed E-state index contributed by atoms with van der Waals surface area (Å²) in [6, 6.07) is 1.78. The van der Waals surface area contributed by atoms with Gasteiger partial charge < -0.3 is 15.8 Å².